The molecule has 1 aromatic heterocycles. The Bertz CT molecular complexity index is 665. The first-order chi connectivity index (χ1) is 8.68. The van der Waals surface area contributed by atoms with Crippen LogP contribution in [0.1, 0.15) is 30.0 Å². The molecule has 1 aliphatic heterocycles. The molecule has 19 heavy (non-hydrogen) atoms. The van der Waals surface area contributed by atoms with E-state index < -0.39 is 26.6 Å². The molecule has 0 saturated carbocycles. The Hall–Kier alpha value is -1.96. The molecule has 1 fully saturated rings. The van der Waals surface area contributed by atoms with Gasteiger partial charge in [0.05, 0.1) is 12.2 Å². The van der Waals surface area contributed by atoms with Gasteiger partial charge in [-0.25, -0.2) is 22.5 Å². The molecule has 0 unspecified atom stereocenters. The molecule has 1 aromatic rings. The second-order valence-electron chi connectivity index (χ2n) is 4.65. The van der Waals surface area contributed by atoms with Crippen molar-refractivity contribution in [2.45, 2.75) is 25.1 Å². The summed E-state index contributed by atoms with van der Waals surface area (Å²) in [4.78, 5) is 26.3. The van der Waals surface area contributed by atoms with Crippen LogP contribution in [0.4, 0.5) is 0 Å². The average molecular weight is 284 g/mol. The highest BCUT2D eigenvalue weighted by Gasteiger charge is 2.60. The SMILES string of the molecule is CC1(C)C(=O)N(Cc2cccc(C(=O)O)n2)S1(=O)=O. The molecule has 0 spiro atoms. The van der Waals surface area contributed by atoms with Crippen LogP contribution >= 0.6 is 0 Å². The van der Waals surface area contributed by atoms with Crippen LogP contribution in [0.2, 0.25) is 0 Å². The van der Waals surface area contributed by atoms with Crippen molar-refractivity contribution in [3.63, 3.8) is 0 Å². The summed E-state index contributed by atoms with van der Waals surface area (Å²) >= 11 is 0. The molecule has 8 heteroatoms. The Kier molecular flexibility index (Phi) is 2.85. The monoisotopic (exact) mass is 284 g/mol. The number of aromatic carboxylic acids is 1. The third-order valence-corrected chi connectivity index (χ3v) is 5.35. The second kappa shape index (κ2) is 4.02. The molecule has 1 N–H and O–H groups in total. The normalized spacial score (nSPS) is 19.9. The van der Waals surface area contributed by atoms with Gasteiger partial charge in [-0.3, -0.25) is 4.79 Å². The van der Waals surface area contributed by atoms with Crippen molar-refractivity contribution in [2.24, 2.45) is 0 Å². The lowest BCUT2D eigenvalue weighted by Gasteiger charge is -2.42. The van der Waals surface area contributed by atoms with E-state index in [2.05, 4.69) is 4.98 Å². The molecule has 2 heterocycles. The fourth-order valence-corrected chi connectivity index (χ4v) is 3.25. The summed E-state index contributed by atoms with van der Waals surface area (Å²) in [6.45, 7) is 2.43. The number of aromatic nitrogens is 1. The number of rotatable bonds is 3. The lowest BCUT2D eigenvalue weighted by molar-refractivity contribution is -0.132. The summed E-state index contributed by atoms with van der Waals surface area (Å²) in [5.74, 6) is -1.73. The van der Waals surface area contributed by atoms with Gasteiger partial charge < -0.3 is 5.11 Å². The molecular weight excluding hydrogens is 272 g/mol. The van der Waals surface area contributed by atoms with E-state index in [-0.39, 0.29) is 17.9 Å². The van der Waals surface area contributed by atoms with Crippen molar-refractivity contribution in [1.82, 2.24) is 9.29 Å². The summed E-state index contributed by atoms with van der Waals surface area (Å²) in [5, 5.41) is 8.79. The van der Waals surface area contributed by atoms with Gasteiger partial charge in [-0.1, -0.05) is 6.07 Å². The smallest absolute Gasteiger partial charge is 0.354 e. The van der Waals surface area contributed by atoms with Crippen LogP contribution in [0, 0.1) is 0 Å². The summed E-state index contributed by atoms with van der Waals surface area (Å²) in [6.07, 6.45) is 0. The van der Waals surface area contributed by atoms with Crippen molar-refractivity contribution in [3.05, 3.63) is 29.6 Å². The standard InChI is InChI=1S/C11H12N2O5S/c1-11(2)10(16)13(19(11,17)18)6-7-4-3-5-8(12-7)9(14)15/h3-5H,6H2,1-2H3,(H,14,15). The van der Waals surface area contributed by atoms with Gasteiger partial charge in [0, 0.05) is 0 Å². The Morgan fingerprint density at radius 1 is 1.42 bits per heavy atom. The number of amides is 1. The number of carboxylic acids is 1. The topological polar surface area (TPSA) is 105 Å². The second-order valence-corrected chi connectivity index (χ2v) is 7.06. The highest BCUT2D eigenvalue weighted by Crippen LogP contribution is 2.35. The molecule has 0 aliphatic carbocycles. The zero-order valence-electron chi connectivity index (χ0n) is 10.3. The summed E-state index contributed by atoms with van der Waals surface area (Å²) < 4.78 is 23.0. The van der Waals surface area contributed by atoms with Gasteiger partial charge in [0.15, 0.2) is 4.75 Å². The van der Waals surface area contributed by atoms with Crippen LogP contribution < -0.4 is 0 Å². The first kappa shape index (κ1) is 13.5. The number of hydrogen-bond acceptors (Lipinski definition) is 5. The number of carbonyl (C=O) groups is 2. The van der Waals surface area contributed by atoms with Crippen molar-refractivity contribution >= 4 is 21.9 Å². The number of pyridine rings is 1. The largest absolute Gasteiger partial charge is 0.477 e. The molecule has 0 atom stereocenters. The minimum absolute atomic E-state index is 0.192. The van der Waals surface area contributed by atoms with Gasteiger partial charge >= 0.3 is 5.97 Å². The van der Waals surface area contributed by atoms with Crippen LogP contribution in [0.25, 0.3) is 0 Å². The van der Waals surface area contributed by atoms with Gasteiger partial charge in [-0.05, 0) is 26.0 Å². The van der Waals surface area contributed by atoms with Crippen LogP contribution in [0.15, 0.2) is 18.2 Å². The maximum Gasteiger partial charge on any atom is 0.354 e. The minimum atomic E-state index is -3.68. The maximum absolute atomic E-state index is 11.9. The predicted octanol–water partition coefficient (Wildman–Crippen LogP) is 0.230. The molecule has 1 saturated heterocycles. The molecular formula is C11H12N2O5S. The van der Waals surface area contributed by atoms with Gasteiger partial charge in [0.2, 0.25) is 0 Å². The quantitative estimate of drug-likeness (QED) is 0.852. The highest BCUT2D eigenvalue weighted by molar-refractivity contribution is 7.94. The van der Waals surface area contributed by atoms with Gasteiger partial charge in [0.1, 0.15) is 5.69 Å². The fraction of sp³-hybridized carbons (Fsp3) is 0.364. The third kappa shape index (κ3) is 1.88. The maximum atomic E-state index is 11.9. The molecule has 0 bridgehead atoms. The van der Waals surface area contributed by atoms with E-state index >= 15 is 0 Å². The van der Waals surface area contributed by atoms with Crippen LogP contribution in [0.3, 0.4) is 0 Å². The number of carboxylic acid groups (broad SMARTS) is 1. The number of carbonyl (C=O) groups excluding carboxylic acids is 1. The zero-order chi connectivity index (χ0) is 14.4. The van der Waals surface area contributed by atoms with Crippen molar-refractivity contribution in [3.8, 4) is 0 Å². The van der Waals surface area contributed by atoms with Crippen LogP contribution in [0.5, 0.6) is 0 Å². The number of sulfonamides is 1. The van der Waals surface area contributed by atoms with Crippen molar-refractivity contribution < 1.29 is 23.1 Å². The van der Waals surface area contributed by atoms with E-state index in [1.54, 1.807) is 0 Å². The van der Waals surface area contributed by atoms with Gasteiger partial charge in [-0.15, -0.1) is 0 Å². The van der Waals surface area contributed by atoms with Gasteiger partial charge in [0.25, 0.3) is 15.9 Å². The first-order valence-electron chi connectivity index (χ1n) is 5.44. The lowest BCUT2D eigenvalue weighted by atomic mass is 10.2. The summed E-state index contributed by atoms with van der Waals surface area (Å²) in [7, 11) is -3.68. The molecule has 102 valence electrons. The zero-order valence-corrected chi connectivity index (χ0v) is 11.1. The Balaban J connectivity index is 2.27. The molecule has 2 rings (SSSR count). The highest BCUT2D eigenvalue weighted by atomic mass is 32.2. The lowest BCUT2D eigenvalue weighted by Crippen LogP contribution is -2.66. The van der Waals surface area contributed by atoms with E-state index in [9.17, 15) is 18.0 Å². The minimum Gasteiger partial charge on any atom is -0.477 e. The van der Waals surface area contributed by atoms with E-state index in [0.29, 0.717) is 4.31 Å². The van der Waals surface area contributed by atoms with Crippen LogP contribution in [-0.4, -0.2) is 39.4 Å². The Labute approximate surface area is 109 Å². The Morgan fingerprint density at radius 3 is 2.58 bits per heavy atom. The Morgan fingerprint density at radius 2 is 2.05 bits per heavy atom. The molecule has 0 aromatic carbocycles. The predicted molar refractivity (Wildman–Crippen MR) is 64.7 cm³/mol. The first-order valence-corrected chi connectivity index (χ1v) is 6.88. The summed E-state index contributed by atoms with van der Waals surface area (Å²) in [5.41, 5.74) is 0.0226. The van der Waals surface area contributed by atoms with E-state index in [1.807, 2.05) is 0 Å². The third-order valence-electron chi connectivity index (χ3n) is 3.01. The summed E-state index contributed by atoms with van der Waals surface area (Å²) in [6, 6.07) is 4.22. The fourth-order valence-electron chi connectivity index (χ4n) is 1.75. The van der Waals surface area contributed by atoms with E-state index in [4.69, 9.17) is 5.11 Å². The van der Waals surface area contributed by atoms with Gasteiger partial charge in [-0.2, -0.15) is 0 Å². The molecule has 0 radical (unpaired) electrons. The molecule has 7 nitrogen and oxygen atoms in total. The van der Waals surface area contributed by atoms with Crippen LogP contribution in [-0.2, 0) is 21.4 Å². The van der Waals surface area contributed by atoms with E-state index in [0.717, 1.165) is 0 Å². The molecule has 1 aliphatic rings. The van der Waals surface area contributed by atoms with E-state index in [1.165, 1.54) is 32.0 Å². The van der Waals surface area contributed by atoms with Crippen molar-refractivity contribution in [2.75, 3.05) is 0 Å². The van der Waals surface area contributed by atoms with Crippen molar-refractivity contribution in [1.29, 1.82) is 0 Å². The number of hydrogen-bond donors (Lipinski definition) is 1. The molecule has 1 amide bonds. The number of nitrogens with zero attached hydrogens (tertiary/aromatic N) is 2. The average Bonchev–Trinajstić information content (AvgIpc) is 2.35.